The molecule has 2 rings (SSSR count). The second-order valence-corrected chi connectivity index (χ2v) is 5.92. The van der Waals surface area contributed by atoms with Crippen LogP contribution in [0.2, 0.25) is 0 Å². The molecule has 0 aromatic carbocycles. The predicted octanol–water partition coefficient (Wildman–Crippen LogP) is 3.28. The molecular formula is C14H25F3N2. The number of halogens is 3. The molecular weight excluding hydrogens is 253 g/mol. The molecule has 0 bridgehead atoms. The van der Waals surface area contributed by atoms with E-state index >= 15 is 0 Å². The third kappa shape index (κ3) is 4.35. The van der Waals surface area contributed by atoms with Gasteiger partial charge in [-0.05, 0) is 45.2 Å². The quantitative estimate of drug-likeness (QED) is 0.712. The molecule has 19 heavy (non-hydrogen) atoms. The van der Waals surface area contributed by atoms with Gasteiger partial charge in [-0.3, -0.25) is 9.80 Å². The summed E-state index contributed by atoms with van der Waals surface area (Å²) in [6.07, 6.45) is -0.0456. The Hall–Kier alpha value is -0.290. The molecule has 2 aliphatic heterocycles. The summed E-state index contributed by atoms with van der Waals surface area (Å²) in [6, 6.07) is 1.20. The molecule has 5 heteroatoms. The topological polar surface area (TPSA) is 6.48 Å². The highest BCUT2D eigenvalue weighted by atomic mass is 19.4. The molecule has 2 heterocycles. The molecule has 2 fully saturated rings. The van der Waals surface area contributed by atoms with Crippen molar-refractivity contribution in [2.75, 3.05) is 26.2 Å². The largest absolute Gasteiger partial charge is 0.389 e. The fraction of sp³-hybridized carbons (Fsp3) is 1.00. The normalized spacial score (nSPS) is 29.7. The summed E-state index contributed by atoms with van der Waals surface area (Å²) < 4.78 is 36.4. The zero-order chi connectivity index (χ0) is 13.9. The van der Waals surface area contributed by atoms with Crippen molar-refractivity contribution in [2.45, 2.75) is 63.7 Å². The van der Waals surface area contributed by atoms with E-state index in [0.29, 0.717) is 18.5 Å². The van der Waals surface area contributed by atoms with Gasteiger partial charge in [0.1, 0.15) is 0 Å². The van der Waals surface area contributed by atoms with E-state index in [1.807, 2.05) is 0 Å². The van der Waals surface area contributed by atoms with E-state index in [-0.39, 0.29) is 6.42 Å². The van der Waals surface area contributed by atoms with E-state index in [9.17, 15) is 13.2 Å². The molecule has 0 amide bonds. The molecule has 2 atom stereocenters. The summed E-state index contributed by atoms with van der Waals surface area (Å²) in [5.74, 6) is 0. The Morgan fingerprint density at radius 2 is 1.95 bits per heavy atom. The summed E-state index contributed by atoms with van der Waals surface area (Å²) in [6.45, 7) is 6.40. The monoisotopic (exact) mass is 278 g/mol. The second kappa shape index (κ2) is 6.44. The number of hydrogen-bond acceptors (Lipinski definition) is 2. The molecule has 0 aromatic heterocycles. The van der Waals surface area contributed by atoms with E-state index in [1.165, 1.54) is 19.4 Å². The molecule has 0 spiro atoms. The lowest BCUT2D eigenvalue weighted by molar-refractivity contribution is -0.135. The maximum Gasteiger partial charge on any atom is 0.389 e. The second-order valence-electron chi connectivity index (χ2n) is 5.92. The van der Waals surface area contributed by atoms with Gasteiger partial charge in [0.15, 0.2) is 0 Å². The lowest BCUT2D eigenvalue weighted by Crippen LogP contribution is -2.55. The van der Waals surface area contributed by atoms with E-state index in [4.69, 9.17) is 0 Å². The van der Waals surface area contributed by atoms with Crippen molar-refractivity contribution in [3.8, 4) is 0 Å². The van der Waals surface area contributed by atoms with Crippen LogP contribution in [0.15, 0.2) is 0 Å². The van der Waals surface area contributed by atoms with E-state index < -0.39 is 12.6 Å². The van der Waals surface area contributed by atoms with Crippen molar-refractivity contribution in [3.05, 3.63) is 0 Å². The van der Waals surface area contributed by atoms with Crippen molar-refractivity contribution in [3.63, 3.8) is 0 Å². The van der Waals surface area contributed by atoms with Gasteiger partial charge in [0, 0.05) is 31.6 Å². The average Bonchev–Trinajstić information content (AvgIpc) is 2.79. The van der Waals surface area contributed by atoms with Gasteiger partial charge >= 0.3 is 6.18 Å². The highest BCUT2D eigenvalue weighted by Gasteiger charge is 2.35. The number of nitrogens with zero attached hydrogens (tertiary/aromatic N) is 2. The fourth-order valence-electron chi connectivity index (χ4n) is 3.45. The Balaban J connectivity index is 1.74. The SMILES string of the molecule is CCC1CN2CCCC2CN1CCCCC(F)(F)F. The average molecular weight is 278 g/mol. The summed E-state index contributed by atoms with van der Waals surface area (Å²) in [5.41, 5.74) is 0. The van der Waals surface area contributed by atoms with Gasteiger partial charge in [-0.1, -0.05) is 6.92 Å². The minimum Gasteiger partial charge on any atom is -0.298 e. The first-order chi connectivity index (χ1) is 8.99. The highest BCUT2D eigenvalue weighted by molar-refractivity contribution is 4.91. The van der Waals surface area contributed by atoms with Gasteiger partial charge in [0.25, 0.3) is 0 Å². The lowest BCUT2D eigenvalue weighted by Gasteiger charge is -2.43. The molecule has 0 N–H and O–H groups in total. The Labute approximate surface area is 113 Å². The first-order valence-electron chi connectivity index (χ1n) is 7.54. The van der Waals surface area contributed by atoms with Gasteiger partial charge in [-0.25, -0.2) is 0 Å². The number of fused-ring (bicyclic) bond motifs is 1. The van der Waals surface area contributed by atoms with E-state index in [2.05, 4.69) is 16.7 Å². The third-order valence-electron chi connectivity index (χ3n) is 4.53. The molecule has 0 aliphatic carbocycles. The zero-order valence-electron chi connectivity index (χ0n) is 11.8. The summed E-state index contributed by atoms with van der Waals surface area (Å²) in [7, 11) is 0. The van der Waals surface area contributed by atoms with Crippen LogP contribution in [0, 0.1) is 0 Å². The van der Waals surface area contributed by atoms with Crippen LogP contribution in [0.25, 0.3) is 0 Å². The lowest BCUT2D eigenvalue weighted by atomic mass is 10.0. The molecule has 2 unspecified atom stereocenters. The Morgan fingerprint density at radius 3 is 2.63 bits per heavy atom. The fourth-order valence-corrected chi connectivity index (χ4v) is 3.45. The van der Waals surface area contributed by atoms with Crippen LogP contribution in [0.4, 0.5) is 13.2 Å². The minimum atomic E-state index is -3.99. The summed E-state index contributed by atoms with van der Waals surface area (Å²) in [4.78, 5) is 5.00. The van der Waals surface area contributed by atoms with E-state index in [1.54, 1.807) is 0 Å². The van der Waals surface area contributed by atoms with Crippen molar-refractivity contribution in [1.29, 1.82) is 0 Å². The predicted molar refractivity (Wildman–Crippen MR) is 70.2 cm³/mol. The Morgan fingerprint density at radius 1 is 1.16 bits per heavy atom. The molecule has 2 nitrogen and oxygen atoms in total. The Kier molecular flexibility index (Phi) is 5.12. The maximum absolute atomic E-state index is 12.1. The van der Waals surface area contributed by atoms with Crippen LogP contribution in [0.5, 0.6) is 0 Å². The van der Waals surface area contributed by atoms with Gasteiger partial charge in [-0.15, -0.1) is 0 Å². The molecule has 0 saturated carbocycles. The molecule has 0 radical (unpaired) electrons. The van der Waals surface area contributed by atoms with Gasteiger partial charge in [-0.2, -0.15) is 13.2 Å². The molecule has 0 aromatic rings. The van der Waals surface area contributed by atoms with Crippen LogP contribution in [0.1, 0.15) is 45.4 Å². The van der Waals surface area contributed by atoms with Crippen molar-refractivity contribution < 1.29 is 13.2 Å². The summed E-state index contributed by atoms with van der Waals surface area (Å²) >= 11 is 0. The highest BCUT2D eigenvalue weighted by Crippen LogP contribution is 2.27. The third-order valence-corrected chi connectivity index (χ3v) is 4.53. The van der Waals surface area contributed by atoms with Crippen LogP contribution in [-0.2, 0) is 0 Å². The van der Waals surface area contributed by atoms with Crippen molar-refractivity contribution in [1.82, 2.24) is 9.80 Å². The number of hydrogen-bond donors (Lipinski definition) is 0. The molecule has 2 aliphatic rings. The van der Waals surface area contributed by atoms with E-state index in [0.717, 1.165) is 26.1 Å². The van der Waals surface area contributed by atoms with Gasteiger partial charge in [0.2, 0.25) is 0 Å². The smallest absolute Gasteiger partial charge is 0.298 e. The molecule has 2 saturated heterocycles. The van der Waals surface area contributed by atoms with Gasteiger partial charge in [0.05, 0.1) is 0 Å². The van der Waals surface area contributed by atoms with Crippen molar-refractivity contribution in [2.24, 2.45) is 0 Å². The zero-order valence-corrected chi connectivity index (χ0v) is 11.8. The minimum absolute atomic E-state index is 0.269. The standard InChI is InChI=1S/C14H25F3N2/c1-2-12-10-19-9-5-6-13(19)11-18(12)8-4-3-7-14(15,16)17/h12-13H,2-11H2,1H3. The van der Waals surface area contributed by atoms with Gasteiger partial charge < -0.3 is 0 Å². The number of piperazine rings is 1. The van der Waals surface area contributed by atoms with Crippen LogP contribution < -0.4 is 0 Å². The van der Waals surface area contributed by atoms with Crippen LogP contribution >= 0.6 is 0 Å². The number of alkyl halides is 3. The van der Waals surface area contributed by atoms with Crippen LogP contribution in [0.3, 0.4) is 0 Å². The van der Waals surface area contributed by atoms with Crippen molar-refractivity contribution >= 4 is 0 Å². The maximum atomic E-state index is 12.1. The molecule has 112 valence electrons. The first kappa shape index (κ1) is 15.1. The number of rotatable bonds is 5. The summed E-state index contributed by atoms with van der Waals surface area (Å²) in [5, 5.41) is 0. The first-order valence-corrected chi connectivity index (χ1v) is 7.54. The number of unbranched alkanes of at least 4 members (excludes halogenated alkanes) is 1. The Bertz CT molecular complexity index is 280. The van der Waals surface area contributed by atoms with Crippen LogP contribution in [-0.4, -0.2) is 54.2 Å².